The minimum atomic E-state index is -0.900. The maximum absolute atomic E-state index is 11.1. The van der Waals surface area contributed by atoms with E-state index < -0.39 is 5.97 Å². The van der Waals surface area contributed by atoms with Gasteiger partial charge in [0.2, 0.25) is 0 Å². The van der Waals surface area contributed by atoms with E-state index in [4.69, 9.17) is 5.11 Å². The topological polar surface area (TPSA) is 83.8 Å². The van der Waals surface area contributed by atoms with E-state index in [1.54, 1.807) is 16.8 Å². The number of aromatic amines is 1. The molecule has 0 spiro atoms. The molecule has 0 fully saturated rings. The minimum Gasteiger partial charge on any atom is -0.480 e. The standard InChI is InChI=1S/C14H14N4O2/c1-8-5-11-12(6-9(8)2)18(7-13(19)20)14(16-11)10-3-4-15-17-10/h3-6H,7H2,1-2H3,(H,15,17)(H,19,20). The maximum atomic E-state index is 11.1. The van der Waals surface area contributed by atoms with E-state index in [1.165, 1.54) is 0 Å². The SMILES string of the molecule is Cc1cc2nc(-c3ccn[nH]3)n(CC(=O)O)c2cc1C. The molecule has 0 aliphatic heterocycles. The van der Waals surface area contributed by atoms with Gasteiger partial charge >= 0.3 is 5.97 Å². The zero-order valence-corrected chi connectivity index (χ0v) is 11.2. The average molecular weight is 270 g/mol. The fourth-order valence-corrected chi connectivity index (χ4v) is 2.26. The molecule has 3 aromatic rings. The number of aliphatic carboxylic acids is 1. The fourth-order valence-electron chi connectivity index (χ4n) is 2.26. The summed E-state index contributed by atoms with van der Waals surface area (Å²) in [5.74, 6) is -0.312. The van der Waals surface area contributed by atoms with Crippen molar-refractivity contribution in [2.75, 3.05) is 0 Å². The van der Waals surface area contributed by atoms with Gasteiger partial charge in [0.1, 0.15) is 12.2 Å². The molecule has 0 bridgehead atoms. The van der Waals surface area contributed by atoms with Crippen molar-refractivity contribution in [3.8, 4) is 11.5 Å². The average Bonchev–Trinajstić information content (AvgIpc) is 2.99. The zero-order valence-electron chi connectivity index (χ0n) is 11.2. The Kier molecular flexibility index (Phi) is 2.78. The fraction of sp³-hybridized carbons (Fsp3) is 0.214. The number of carboxylic acids is 1. The van der Waals surface area contributed by atoms with E-state index in [9.17, 15) is 4.79 Å². The first-order valence-corrected chi connectivity index (χ1v) is 6.25. The van der Waals surface area contributed by atoms with Crippen molar-refractivity contribution in [1.29, 1.82) is 0 Å². The van der Waals surface area contributed by atoms with Gasteiger partial charge in [-0.1, -0.05) is 0 Å². The van der Waals surface area contributed by atoms with Crippen LogP contribution in [0.2, 0.25) is 0 Å². The predicted octanol–water partition coefficient (Wildman–Crippen LogP) is 2.13. The van der Waals surface area contributed by atoms with Crippen molar-refractivity contribution in [2.45, 2.75) is 20.4 Å². The summed E-state index contributed by atoms with van der Waals surface area (Å²) in [6, 6.07) is 5.72. The molecule has 0 atom stereocenters. The van der Waals surface area contributed by atoms with E-state index in [0.717, 1.165) is 22.2 Å². The van der Waals surface area contributed by atoms with Crippen LogP contribution in [-0.4, -0.2) is 30.8 Å². The first kappa shape index (κ1) is 12.4. The van der Waals surface area contributed by atoms with Gasteiger partial charge in [-0.25, -0.2) is 4.98 Å². The van der Waals surface area contributed by atoms with Gasteiger partial charge in [0.25, 0.3) is 0 Å². The molecule has 0 aliphatic rings. The Morgan fingerprint density at radius 1 is 1.35 bits per heavy atom. The first-order chi connectivity index (χ1) is 9.56. The molecular weight excluding hydrogens is 256 g/mol. The summed E-state index contributed by atoms with van der Waals surface area (Å²) in [7, 11) is 0. The van der Waals surface area contributed by atoms with E-state index in [2.05, 4.69) is 15.2 Å². The summed E-state index contributed by atoms with van der Waals surface area (Å²) in [4.78, 5) is 15.6. The van der Waals surface area contributed by atoms with Crippen molar-refractivity contribution in [1.82, 2.24) is 19.7 Å². The van der Waals surface area contributed by atoms with Gasteiger partial charge in [-0.2, -0.15) is 5.10 Å². The Labute approximate surface area is 115 Å². The van der Waals surface area contributed by atoms with Crippen LogP contribution in [0.5, 0.6) is 0 Å². The highest BCUT2D eigenvalue weighted by atomic mass is 16.4. The molecule has 0 aliphatic carbocycles. The van der Waals surface area contributed by atoms with Crippen LogP contribution in [0.3, 0.4) is 0 Å². The lowest BCUT2D eigenvalue weighted by molar-refractivity contribution is -0.137. The summed E-state index contributed by atoms with van der Waals surface area (Å²) in [5.41, 5.74) is 4.56. The van der Waals surface area contributed by atoms with Gasteiger partial charge in [-0.05, 0) is 43.2 Å². The van der Waals surface area contributed by atoms with Gasteiger partial charge in [0.15, 0.2) is 5.82 Å². The van der Waals surface area contributed by atoms with Crippen LogP contribution in [-0.2, 0) is 11.3 Å². The van der Waals surface area contributed by atoms with Gasteiger partial charge < -0.3 is 9.67 Å². The van der Waals surface area contributed by atoms with Gasteiger partial charge in [0, 0.05) is 6.20 Å². The lowest BCUT2D eigenvalue weighted by Crippen LogP contribution is -2.10. The molecular formula is C14H14N4O2. The molecule has 102 valence electrons. The quantitative estimate of drug-likeness (QED) is 0.763. The highest BCUT2D eigenvalue weighted by Crippen LogP contribution is 2.25. The molecule has 3 rings (SSSR count). The van der Waals surface area contributed by atoms with Crippen molar-refractivity contribution in [3.05, 3.63) is 35.5 Å². The summed E-state index contributed by atoms with van der Waals surface area (Å²) in [5, 5.41) is 15.8. The second-order valence-electron chi connectivity index (χ2n) is 4.81. The Hall–Kier alpha value is -2.63. The number of carboxylic acid groups (broad SMARTS) is 1. The number of carbonyl (C=O) groups is 1. The van der Waals surface area contributed by atoms with Crippen LogP contribution in [0.15, 0.2) is 24.4 Å². The number of aromatic nitrogens is 4. The van der Waals surface area contributed by atoms with Gasteiger partial charge in [0.05, 0.1) is 11.0 Å². The minimum absolute atomic E-state index is 0.132. The van der Waals surface area contributed by atoms with Crippen LogP contribution < -0.4 is 0 Å². The van der Waals surface area contributed by atoms with Crippen molar-refractivity contribution in [3.63, 3.8) is 0 Å². The second kappa shape index (κ2) is 4.48. The monoisotopic (exact) mass is 270 g/mol. The van der Waals surface area contributed by atoms with Crippen LogP contribution in [0.4, 0.5) is 0 Å². The Bertz CT molecular complexity index is 787. The van der Waals surface area contributed by atoms with Crippen LogP contribution in [0.25, 0.3) is 22.6 Å². The van der Waals surface area contributed by atoms with E-state index in [0.29, 0.717) is 11.5 Å². The number of hydrogen-bond acceptors (Lipinski definition) is 3. The molecule has 6 nitrogen and oxygen atoms in total. The van der Waals surface area contributed by atoms with Crippen LogP contribution in [0.1, 0.15) is 11.1 Å². The largest absolute Gasteiger partial charge is 0.480 e. The van der Waals surface area contributed by atoms with Gasteiger partial charge in [-0.15, -0.1) is 0 Å². The lowest BCUT2D eigenvalue weighted by atomic mass is 10.1. The molecule has 20 heavy (non-hydrogen) atoms. The molecule has 2 heterocycles. The molecule has 1 aromatic carbocycles. The highest BCUT2D eigenvalue weighted by Gasteiger charge is 2.16. The number of hydrogen-bond donors (Lipinski definition) is 2. The molecule has 0 saturated heterocycles. The number of nitrogens with zero attached hydrogens (tertiary/aromatic N) is 3. The van der Waals surface area contributed by atoms with Gasteiger partial charge in [-0.3, -0.25) is 9.89 Å². The molecule has 6 heteroatoms. The van der Waals surface area contributed by atoms with Crippen LogP contribution >= 0.6 is 0 Å². The zero-order chi connectivity index (χ0) is 14.3. The summed E-state index contributed by atoms with van der Waals surface area (Å²) >= 11 is 0. The molecule has 2 aromatic heterocycles. The maximum Gasteiger partial charge on any atom is 0.323 e. The third-order valence-corrected chi connectivity index (χ3v) is 3.40. The Morgan fingerprint density at radius 2 is 2.10 bits per heavy atom. The Balaban J connectivity index is 2.30. The highest BCUT2D eigenvalue weighted by molar-refractivity contribution is 5.83. The number of benzene rings is 1. The Morgan fingerprint density at radius 3 is 2.75 bits per heavy atom. The number of fused-ring (bicyclic) bond motifs is 1. The smallest absolute Gasteiger partial charge is 0.323 e. The van der Waals surface area contributed by atoms with Crippen molar-refractivity contribution >= 4 is 17.0 Å². The lowest BCUT2D eigenvalue weighted by Gasteiger charge is -2.06. The number of imidazole rings is 1. The second-order valence-corrected chi connectivity index (χ2v) is 4.81. The molecule has 0 amide bonds. The van der Waals surface area contributed by atoms with E-state index >= 15 is 0 Å². The number of aryl methyl sites for hydroxylation is 2. The van der Waals surface area contributed by atoms with Crippen LogP contribution in [0, 0.1) is 13.8 Å². The third-order valence-electron chi connectivity index (χ3n) is 3.40. The molecule has 0 radical (unpaired) electrons. The van der Waals surface area contributed by atoms with E-state index in [-0.39, 0.29) is 6.54 Å². The first-order valence-electron chi connectivity index (χ1n) is 6.25. The summed E-state index contributed by atoms with van der Waals surface area (Å²) in [6.45, 7) is 3.89. The predicted molar refractivity (Wildman–Crippen MR) is 74.4 cm³/mol. The molecule has 0 saturated carbocycles. The molecule has 0 unspecified atom stereocenters. The van der Waals surface area contributed by atoms with E-state index in [1.807, 2.05) is 26.0 Å². The summed E-state index contributed by atoms with van der Waals surface area (Å²) in [6.07, 6.45) is 1.62. The third kappa shape index (κ3) is 1.95. The van der Waals surface area contributed by atoms with Crippen molar-refractivity contribution in [2.24, 2.45) is 0 Å². The van der Waals surface area contributed by atoms with Crippen molar-refractivity contribution < 1.29 is 9.90 Å². The number of nitrogens with one attached hydrogen (secondary N) is 1. The summed E-state index contributed by atoms with van der Waals surface area (Å²) < 4.78 is 1.69. The normalized spacial score (nSPS) is 11.1. The number of H-pyrrole nitrogens is 1. The number of rotatable bonds is 3. The molecule has 2 N–H and O–H groups in total.